The Labute approximate surface area is 493 Å². The molecule has 4 heterocycles. The number of rotatable bonds is 12. The standard InChI is InChI=1S/C19H26N.3C18H24N/c1-13(2)16-11-18(14(3)4)19(20(6)12-16)17-10-8-7-9-15(17)5;1-13(2)10-16-12-19(5)18(11-15(16)4)17-9-7-6-8-14(17)3;2*1-6-15-11-18(16-10-8-7-9-14(16)4)19(5)12-17(15)13(2)3/h7-14H,1-6H3;6-9,11-13H,10H2,1-5H3;2*7-13H,6H2,1-5H3/q4*+1/i1D3,3D3,13D,14D;;2D3,6D2,13D;2D3,13D. The van der Waals surface area contributed by atoms with Crippen molar-refractivity contribution in [2.45, 2.75) is 160 Å². The van der Waals surface area contributed by atoms with Crippen molar-refractivity contribution in [3.8, 4) is 45.0 Å². The number of aryl methyl sites for hydroxylation is 11. The van der Waals surface area contributed by atoms with Gasteiger partial charge in [-0.3, -0.25) is 0 Å². The second-order valence-electron chi connectivity index (χ2n) is 20.8. The first kappa shape index (κ1) is 39.8. The third-order valence-electron chi connectivity index (χ3n) is 14.0. The van der Waals surface area contributed by atoms with Gasteiger partial charge in [0.05, 0.1) is 0 Å². The predicted molar refractivity (Wildman–Crippen MR) is 330 cm³/mol. The zero-order chi connectivity index (χ0) is 72.3. The molecule has 0 N–H and O–H groups in total. The van der Waals surface area contributed by atoms with Crippen LogP contribution in [-0.2, 0) is 47.4 Å². The quantitative estimate of drug-likeness (QED) is 0.108. The van der Waals surface area contributed by atoms with E-state index in [2.05, 4.69) is 94.9 Å². The molecule has 406 valence electrons. The van der Waals surface area contributed by atoms with Crippen molar-refractivity contribution in [1.82, 2.24) is 0 Å². The fourth-order valence-corrected chi connectivity index (χ4v) is 9.71. The van der Waals surface area contributed by atoms with E-state index in [0.29, 0.717) is 23.6 Å². The molecule has 0 aliphatic heterocycles. The van der Waals surface area contributed by atoms with Crippen molar-refractivity contribution >= 4 is 0 Å². The Morgan fingerprint density at radius 2 is 0.805 bits per heavy atom. The second-order valence-corrected chi connectivity index (χ2v) is 20.8. The van der Waals surface area contributed by atoms with Gasteiger partial charge in [0.1, 0.15) is 28.2 Å². The van der Waals surface area contributed by atoms with Crippen LogP contribution in [0.25, 0.3) is 45.0 Å². The van der Waals surface area contributed by atoms with Crippen LogP contribution in [0.3, 0.4) is 0 Å². The van der Waals surface area contributed by atoms with Gasteiger partial charge in [0.2, 0.25) is 22.8 Å². The summed E-state index contributed by atoms with van der Waals surface area (Å²) in [6, 6.07) is 39.3. The van der Waals surface area contributed by atoms with Crippen molar-refractivity contribution in [1.29, 1.82) is 0 Å². The lowest BCUT2D eigenvalue weighted by Gasteiger charge is -2.15. The molecule has 4 aromatic carbocycles. The Kier molecular flexibility index (Phi) is 14.6. The summed E-state index contributed by atoms with van der Waals surface area (Å²) in [5.74, 6) is -6.78. The van der Waals surface area contributed by atoms with Crippen LogP contribution in [0.15, 0.2) is 146 Å². The van der Waals surface area contributed by atoms with Gasteiger partial charge in [-0.1, -0.05) is 156 Å². The van der Waals surface area contributed by atoms with Gasteiger partial charge in [-0.15, -0.1) is 0 Å². The average Bonchev–Trinajstić information content (AvgIpc) is 0.754. The Bertz CT molecular complexity index is 4000. The minimum Gasteiger partial charge on any atom is -0.201 e. The lowest BCUT2D eigenvalue weighted by molar-refractivity contribution is -0.661. The SMILES string of the molecule is Cc1cc(-c2ccccc2C)[n+](C)cc1CC(C)C.[2H]C([2H])(C)c1cc(-c2ccccc2C)[n+](C)cc1C([2H])(C)C([2H])([2H])[2H].[2H]C([2H])([2H])C([2H])(C)c1c[n+](C)c(-c2ccccc2C)cc1CC.[2H]C([2H])([2H])C([2H])(C)c1cc(C([2H])(C)C([2H])([2H])[2H])c(-c2ccccc2C)[n+](C)c1. The largest absolute Gasteiger partial charge is 0.216 e. The molecule has 8 rings (SSSR count). The van der Waals surface area contributed by atoms with Gasteiger partial charge < -0.3 is 0 Å². The molecule has 4 aromatic heterocycles. The van der Waals surface area contributed by atoms with Crippen LogP contribution in [0, 0.1) is 40.5 Å². The van der Waals surface area contributed by atoms with E-state index < -0.39 is 57.4 Å². The van der Waals surface area contributed by atoms with E-state index in [1.807, 2.05) is 99.1 Å². The average molecular weight is 1050 g/mol. The highest BCUT2D eigenvalue weighted by molar-refractivity contribution is 5.66. The van der Waals surface area contributed by atoms with Crippen molar-refractivity contribution in [3.05, 3.63) is 213 Å². The van der Waals surface area contributed by atoms with Crippen molar-refractivity contribution in [3.63, 3.8) is 0 Å². The predicted octanol–water partition coefficient (Wildman–Crippen LogP) is 17.1. The Morgan fingerprint density at radius 3 is 1.22 bits per heavy atom. The first-order valence-corrected chi connectivity index (χ1v) is 26.7. The van der Waals surface area contributed by atoms with Gasteiger partial charge >= 0.3 is 0 Å². The van der Waals surface area contributed by atoms with Crippen LogP contribution >= 0.6 is 0 Å². The fourth-order valence-electron chi connectivity index (χ4n) is 9.71. The first-order valence-electron chi connectivity index (χ1n) is 35.7. The van der Waals surface area contributed by atoms with Gasteiger partial charge in [0.25, 0.3) is 0 Å². The van der Waals surface area contributed by atoms with Gasteiger partial charge in [-0.2, -0.15) is 0 Å². The molecule has 0 bridgehead atoms. The maximum atomic E-state index is 8.66. The number of hydrogen-bond acceptors (Lipinski definition) is 0. The molecule has 0 saturated heterocycles. The molecule has 4 heteroatoms. The van der Waals surface area contributed by atoms with Gasteiger partial charge in [0, 0.05) is 92.9 Å². The fraction of sp³-hybridized carbons (Fsp3) is 0.397. The Balaban J connectivity index is 0.000000231. The molecular formula is C73H98N4+4. The topological polar surface area (TPSA) is 15.5 Å². The summed E-state index contributed by atoms with van der Waals surface area (Å²) in [6.07, 6.45) is 7.29. The molecular weight excluding hydrogens is 933 g/mol. The van der Waals surface area contributed by atoms with E-state index in [1.165, 1.54) is 74.2 Å². The lowest BCUT2D eigenvalue weighted by atomic mass is 9.91. The zero-order valence-corrected chi connectivity index (χ0v) is 49.1. The van der Waals surface area contributed by atoms with Crippen molar-refractivity contribution in [2.75, 3.05) is 0 Å². The van der Waals surface area contributed by atoms with E-state index in [9.17, 15) is 0 Å². The maximum absolute atomic E-state index is 8.66. The molecule has 0 aliphatic rings. The third kappa shape index (κ3) is 15.8. The zero-order valence-electron chi connectivity index (χ0n) is 67.1. The van der Waals surface area contributed by atoms with Crippen LogP contribution < -0.4 is 18.3 Å². The van der Waals surface area contributed by atoms with Crippen LogP contribution in [0.5, 0.6) is 0 Å². The number of hydrogen-bond donors (Lipinski definition) is 0. The smallest absolute Gasteiger partial charge is 0.201 e. The number of nitrogens with zero attached hydrogens (tertiary/aromatic N) is 4. The molecule has 0 radical (unpaired) electrons. The molecule has 4 atom stereocenters. The lowest BCUT2D eigenvalue weighted by Crippen LogP contribution is -2.33. The highest BCUT2D eigenvalue weighted by Gasteiger charge is 2.23. The molecule has 8 aromatic rings. The normalized spacial score (nSPS) is 18.5. The van der Waals surface area contributed by atoms with Crippen LogP contribution in [0.1, 0.15) is 198 Å². The molecule has 0 aliphatic carbocycles. The summed E-state index contributed by atoms with van der Waals surface area (Å²) in [4.78, 5) is 0. The van der Waals surface area contributed by atoms with E-state index in [4.69, 9.17) is 24.7 Å². The molecule has 0 spiro atoms. The van der Waals surface area contributed by atoms with Crippen molar-refractivity contribution < 1.29 is 42.9 Å². The monoisotopic (exact) mass is 1050 g/mol. The first-order chi connectivity index (χ1) is 43.4. The van der Waals surface area contributed by atoms with Gasteiger partial charge in [-0.25, -0.2) is 18.3 Å². The van der Waals surface area contributed by atoms with E-state index in [0.717, 1.165) is 51.2 Å². The van der Waals surface area contributed by atoms with Crippen LogP contribution in [0.4, 0.5) is 0 Å². The van der Waals surface area contributed by atoms with Crippen molar-refractivity contribution in [2.24, 2.45) is 34.1 Å². The molecule has 4 unspecified atom stereocenters. The minimum absolute atomic E-state index is 0.144. The second kappa shape index (κ2) is 28.2. The number of benzene rings is 4. The molecule has 4 nitrogen and oxygen atoms in total. The van der Waals surface area contributed by atoms with E-state index in [-0.39, 0.29) is 22.3 Å². The van der Waals surface area contributed by atoms with Gasteiger partial charge in [-0.05, 0) is 153 Å². The van der Waals surface area contributed by atoms with E-state index >= 15 is 0 Å². The van der Waals surface area contributed by atoms with Crippen LogP contribution in [-0.4, -0.2) is 0 Å². The molecule has 77 heavy (non-hydrogen) atoms. The Morgan fingerprint density at radius 1 is 0.416 bits per heavy atom. The summed E-state index contributed by atoms with van der Waals surface area (Å²) in [5, 5.41) is 0. The summed E-state index contributed by atoms with van der Waals surface area (Å²) in [6.45, 7) is 13.4. The number of aromatic nitrogens is 4. The summed E-state index contributed by atoms with van der Waals surface area (Å²) in [7, 11) is 7.52. The minimum atomic E-state index is -2.64. The third-order valence-corrected chi connectivity index (χ3v) is 14.0. The van der Waals surface area contributed by atoms with Crippen LogP contribution in [0.2, 0.25) is 0 Å². The number of pyridine rings is 4. The maximum Gasteiger partial charge on any atom is 0.216 e. The molecule has 0 saturated carbocycles. The van der Waals surface area contributed by atoms with Gasteiger partial charge in [0.15, 0.2) is 24.8 Å². The highest BCUT2D eigenvalue weighted by Crippen LogP contribution is 2.32. The highest BCUT2D eigenvalue weighted by atomic mass is 14.9. The summed E-state index contributed by atoms with van der Waals surface area (Å²) >= 11 is 0. The van der Waals surface area contributed by atoms with E-state index in [1.54, 1.807) is 47.9 Å². The molecule has 0 fully saturated rings. The summed E-state index contributed by atoms with van der Waals surface area (Å²) < 4.78 is 151. The molecule has 0 amide bonds. The summed E-state index contributed by atoms with van der Waals surface area (Å²) in [5.41, 5.74) is 17.3. The Hall–Kier alpha value is -6.52.